The molecule has 2 aliphatic heterocycles. The Balaban J connectivity index is 0.000000613. The number of ether oxygens (including phenoxy) is 2. The van der Waals surface area contributed by atoms with E-state index in [4.69, 9.17) is 19.4 Å². The summed E-state index contributed by atoms with van der Waals surface area (Å²) >= 11 is 0. The summed E-state index contributed by atoms with van der Waals surface area (Å²) in [5, 5.41) is 27.0. The van der Waals surface area contributed by atoms with Crippen LogP contribution in [0.25, 0.3) is 5.69 Å². The van der Waals surface area contributed by atoms with Crippen LogP contribution in [0.1, 0.15) is 10.4 Å². The first-order chi connectivity index (χ1) is 12.6. The molecule has 1 aromatic carbocycles. The molecule has 3 N–H and O–H groups in total. The maximum Gasteiger partial charge on any atom is 0.290 e. The third-order valence-corrected chi connectivity index (χ3v) is 4.19. The molecule has 2 saturated heterocycles. The van der Waals surface area contributed by atoms with Crippen molar-refractivity contribution >= 4 is 12.4 Å². The van der Waals surface area contributed by atoms with Crippen molar-refractivity contribution in [1.82, 2.24) is 20.1 Å². The minimum Gasteiger partial charge on any atom is -0.483 e. The fourth-order valence-corrected chi connectivity index (χ4v) is 2.97. The number of nitrogens with zero attached hydrogens (tertiary/aromatic N) is 3. The Morgan fingerprint density at radius 2 is 1.77 bits per heavy atom. The predicted molar refractivity (Wildman–Crippen MR) is 86.8 cm³/mol. The summed E-state index contributed by atoms with van der Waals surface area (Å²) in [6.07, 6.45) is 1.92. The van der Waals surface area contributed by atoms with Gasteiger partial charge in [0.25, 0.3) is 12.4 Å². The predicted octanol–water partition coefficient (Wildman–Crippen LogP) is -0.775. The highest BCUT2D eigenvalue weighted by Crippen LogP contribution is 2.27. The van der Waals surface area contributed by atoms with Crippen molar-refractivity contribution < 1.29 is 29.3 Å². The van der Waals surface area contributed by atoms with E-state index in [2.05, 4.69) is 15.5 Å². The van der Waals surface area contributed by atoms with Gasteiger partial charge < -0.3 is 25.0 Å². The van der Waals surface area contributed by atoms with Crippen molar-refractivity contribution in [3.63, 3.8) is 0 Å². The normalized spacial score (nSPS) is 26.5. The first-order valence-electron chi connectivity index (χ1n) is 7.89. The number of aromatic nitrogens is 3. The summed E-state index contributed by atoms with van der Waals surface area (Å²) in [5.41, 5.74) is 1.42. The summed E-state index contributed by atoms with van der Waals surface area (Å²) < 4.78 is 12.8. The second-order valence-corrected chi connectivity index (χ2v) is 5.76. The molecule has 0 bridgehead atoms. The van der Waals surface area contributed by atoms with E-state index in [1.165, 1.54) is 0 Å². The van der Waals surface area contributed by atoms with Gasteiger partial charge in [0.2, 0.25) is 0 Å². The Kier molecular flexibility index (Phi) is 5.56. The van der Waals surface area contributed by atoms with Gasteiger partial charge in [-0.1, -0.05) is 0 Å². The number of aliphatic hydroxyl groups excluding tert-OH is 1. The van der Waals surface area contributed by atoms with Crippen molar-refractivity contribution in [2.45, 2.75) is 24.4 Å². The standard InChI is InChI=1S/C15H16N4O4.CH2O2/c20-12-6-23-13-11(5-22-14(12)13)18-15(21)9-1-3-10(4-2-9)19-7-16-17-8-19;2-1-3/h1-4,7-8,11-14,20H,5-6H2,(H,18,21);1H,(H,2,3)/t11-,12-,13-,14-;/m1./s1. The number of carbonyl (C=O) groups is 2. The van der Waals surface area contributed by atoms with E-state index in [0.717, 1.165) is 5.69 Å². The van der Waals surface area contributed by atoms with Gasteiger partial charge in [-0.05, 0) is 24.3 Å². The molecule has 0 unspecified atom stereocenters. The lowest BCUT2D eigenvalue weighted by molar-refractivity contribution is -0.122. The molecule has 10 nitrogen and oxygen atoms in total. The summed E-state index contributed by atoms with van der Waals surface area (Å²) in [5.74, 6) is -0.195. The SMILES string of the molecule is O=C(N[C@@H]1CO[C@H]2[C@@H]1OC[C@H]2O)c1ccc(-n2cnnc2)cc1.O=CO. The summed E-state index contributed by atoms with van der Waals surface area (Å²) in [6.45, 7) is 0.340. The molecule has 4 rings (SSSR count). The van der Waals surface area contributed by atoms with Crippen LogP contribution in [0.4, 0.5) is 0 Å². The topological polar surface area (TPSA) is 136 Å². The summed E-state index contributed by atoms with van der Waals surface area (Å²) in [4.78, 5) is 20.7. The van der Waals surface area contributed by atoms with Crippen LogP contribution in [-0.2, 0) is 14.3 Å². The van der Waals surface area contributed by atoms with E-state index in [9.17, 15) is 9.90 Å². The molecule has 3 heterocycles. The fourth-order valence-electron chi connectivity index (χ4n) is 2.97. The Hall–Kier alpha value is -2.82. The van der Waals surface area contributed by atoms with Gasteiger partial charge in [0.05, 0.1) is 19.3 Å². The van der Waals surface area contributed by atoms with Crippen LogP contribution < -0.4 is 5.32 Å². The Morgan fingerprint density at radius 3 is 2.42 bits per heavy atom. The molecule has 26 heavy (non-hydrogen) atoms. The number of rotatable bonds is 3. The zero-order chi connectivity index (χ0) is 18.5. The summed E-state index contributed by atoms with van der Waals surface area (Å²) in [6, 6.07) is 6.87. The monoisotopic (exact) mass is 362 g/mol. The van der Waals surface area contributed by atoms with E-state index in [0.29, 0.717) is 12.2 Å². The smallest absolute Gasteiger partial charge is 0.290 e. The van der Waals surface area contributed by atoms with Gasteiger partial charge in [0.15, 0.2) is 0 Å². The lowest BCUT2D eigenvalue weighted by Crippen LogP contribution is -2.44. The molecule has 0 radical (unpaired) electrons. The molecule has 4 atom stereocenters. The second kappa shape index (κ2) is 8.04. The maximum absolute atomic E-state index is 12.4. The zero-order valence-corrected chi connectivity index (χ0v) is 13.6. The highest BCUT2D eigenvalue weighted by atomic mass is 16.6. The number of hydrogen-bond donors (Lipinski definition) is 3. The molecule has 0 spiro atoms. The minimum absolute atomic E-state index is 0.195. The second-order valence-electron chi connectivity index (χ2n) is 5.76. The highest BCUT2D eigenvalue weighted by Gasteiger charge is 2.47. The first-order valence-corrected chi connectivity index (χ1v) is 7.89. The number of benzene rings is 1. The lowest BCUT2D eigenvalue weighted by Gasteiger charge is -2.17. The van der Waals surface area contributed by atoms with Gasteiger partial charge in [-0.15, -0.1) is 10.2 Å². The number of carbonyl (C=O) groups excluding carboxylic acids is 1. The van der Waals surface area contributed by atoms with Gasteiger partial charge in [0.1, 0.15) is 31.0 Å². The molecule has 0 saturated carbocycles. The number of aliphatic hydroxyl groups is 1. The molecule has 2 fully saturated rings. The number of nitrogens with one attached hydrogen (secondary N) is 1. The molecule has 10 heteroatoms. The number of amides is 1. The molecule has 0 aliphatic carbocycles. The number of carboxylic acid groups (broad SMARTS) is 1. The molecular weight excluding hydrogens is 344 g/mol. The number of hydrogen-bond acceptors (Lipinski definition) is 7. The molecule has 2 aromatic rings. The number of fused-ring (bicyclic) bond motifs is 1. The van der Waals surface area contributed by atoms with Crippen molar-refractivity contribution in [1.29, 1.82) is 0 Å². The van der Waals surface area contributed by atoms with Crippen molar-refractivity contribution in [3.05, 3.63) is 42.5 Å². The quantitative estimate of drug-likeness (QED) is 0.605. The molecule has 1 aromatic heterocycles. The van der Waals surface area contributed by atoms with Gasteiger partial charge in [-0.2, -0.15) is 0 Å². The highest BCUT2D eigenvalue weighted by molar-refractivity contribution is 5.94. The van der Waals surface area contributed by atoms with E-state index in [-0.39, 0.29) is 37.2 Å². The van der Waals surface area contributed by atoms with E-state index >= 15 is 0 Å². The van der Waals surface area contributed by atoms with Crippen LogP contribution in [0.2, 0.25) is 0 Å². The van der Waals surface area contributed by atoms with Gasteiger partial charge in [-0.3, -0.25) is 14.2 Å². The van der Waals surface area contributed by atoms with Crippen LogP contribution in [-0.4, -0.2) is 74.9 Å². The van der Waals surface area contributed by atoms with Crippen molar-refractivity contribution in [3.8, 4) is 5.69 Å². The van der Waals surface area contributed by atoms with Gasteiger partial charge in [0, 0.05) is 11.3 Å². The first kappa shape index (κ1) is 18.0. The van der Waals surface area contributed by atoms with Gasteiger partial charge >= 0.3 is 0 Å². The van der Waals surface area contributed by atoms with Crippen molar-refractivity contribution in [2.24, 2.45) is 0 Å². The van der Waals surface area contributed by atoms with Crippen molar-refractivity contribution in [2.75, 3.05) is 13.2 Å². The fraction of sp³-hybridized carbons (Fsp3) is 0.375. The summed E-state index contributed by atoms with van der Waals surface area (Å²) in [7, 11) is 0. The molecule has 138 valence electrons. The average Bonchev–Trinajstić information content (AvgIpc) is 3.37. The Labute approximate surface area is 148 Å². The average molecular weight is 362 g/mol. The Bertz CT molecular complexity index is 736. The Morgan fingerprint density at radius 1 is 1.15 bits per heavy atom. The zero-order valence-electron chi connectivity index (χ0n) is 13.6. The van der Waals surface area contributed by atoms with Crippen LogP contribution in [0.15, 0.2) is 36.9 Å². The van der Waals surface area contributed by atoms with E-state index < -0.39 is 6.10 Å². The lowest BCUT2D eigenvalue weighted by atomic mass is 10.1. The largest absolute Gasteiger partial charge is 0.483 e. The van der Waals surface area contributed by atoms with Crippen LogP contribution >= 0.6 is 0 Å². The van der Waals surface area contributed by atoms with Crippen LogP contribution in [0, 0.1) is 0 Å². The van der Waals surface area contributed by atoms with E-state index in [1.54, 1.807) is 29.4 Å². The van der Waals surface area contributed by atoms with Crippen LogP contribution in [0.5, 0.6) is 0 Å². The molecular formula is C16H18N4O6. The maximum atomic E-state index is 12.4. The van der Waals surface area contributed by atoms with Gasteiger partial charge in [-0.25, -0.2) is 0 Å². The van der Waals surface area contributed by atoms with E-state index in [1.807, 2.05) is 12.1 Å². The third kappa shape index (κ3) is 3.72. The minimum atomic E-state index is -0.620. The molecule has 2 aliphatic rings. The van der Waals surface area contributed by atoms with Crippen LogP contribution in [0.3, 0.4) is 0 Å². The molecule has 1 amide bonds. The third-order valence-electron chi connectivity index (χ3n) is 4.19.